The van der Waals surface area contributed by atoms with Crippen LogP contribution in [0.15, 0.2) is 42.6 Å². The average molecular weight is 314 g/mol. The first-order valence-corrected chi connectivity index (χ1v) is 7.88. The fourth-order valence-electron chi connectivity index (χ4n) is 2.22. The second-order valence-electron chi connectivity index (χ2n) is 5.39. The first kappa shape index (κ1) is 18.7. The van der Waals surface area contributed by atoms with Gasteiger partial charge in [-0.15, -0.1) is 0 Å². The van der Waals surface area contributed by atoms with Crippen molar-refractivity contribution in [3.63, 3.8) is 0 Å². The third-order valence-corrected chi connectivity index (χ3v) is 3.70. The van der Waals surface area contributed by atoms with Crippen LogP contribution in [0.3, 0.4) is 0 Å². The molecule has 0 aliphatic rings. The number of ketones is 1. The second kappa shape index (κ2) is 8.93. The van der Waals surface area contributed by atoms with E-state index in [1.807, 2.05) is 75.0 Å². The van der Waals surface area contributed by atoms with E-state index in [0.717, 1.165) is 24.3 Å². The summed E-state index contributed by atoms with van der Waals surface area (Å²) in [6.07, 6.45) is 1.88. The van der Waals surface area contributed by atoms with Gasteiger partial charge in [-0.2, -0.15) is 0 Å². The summed E-state index contributed by atoms with van der Waals surface area (Å²) in [5.74, 6) is 0.234. The number of benzene rings is 1. The molecule has 0 aliphatic carbocycles. The van der Waals surface area contributed by atoms with Crippen molar-refractivity contribution in [2.75, 3.05) is 13.1 Å². The highest BCUT2D eigenvalue weighted by Gasteiger charge is 2.10. The van der Waals surface area contributed by atoms with Crippen LogP contribution in [0.25, 0.3) is 0 Å². The maximum absolute atomic E-state index is 12.0. The molecule has 0 atom stereocenters. The van der Waals surface area contributed by atoms with Crippen LogP contribution >= 0.6 is 0 Å². The molecule has 2 rings (SSSR count). The Balaban J connectivity index is 0.000000284. The summed E-state index contributed by atoms with van der Waals surface area (Å²) in [7, 11) is 1.88. The van der Waals surface area contributed by atoms with Crippen LogP contribution in [0.1, 0.15) is 42.4 Å². The molecule has 4 nitrogen and oxygen atoms in total. The highest BCUT2D eigenvalue weighted by Crippen LogP contribution is 2.10. The number of amides is 1. The first-order valence-electron chi connectivity index (χ1n) is 7.88. The van der Waals surface area contributed by atoms with Crippen LogP contribution in [0.4, 0.5) is 0 Å². The van der Waals surface area contributed by atoms with Gasteiger partial charge in [0.15, 0.2) is 0 Å². The summed E-state index contributed by atoms with van der Waals surface area (Å²) in [5, 5.41) is 0. The van der Waals surface area contributed by atoms with Gasteiger partial charge in [0.05, 0.1) is 5.69 Å². The smallest absolute Gasteiger partial charge is 0.219 e. The third-order valence-electron chi connectivity index (χ3n) is 3.70. The van der Waals surface area contributed by atoms with Gasteiger partial charge in [-0.3, -0.25) is 9.59 Å². The molecule has 1 aromatic heterocycles. The summed E-state index contributed by atoms with van der Waals surface area (Å²) >= 11 is 0. The normalized spacial score (nSPS) is 9.78. The molecule has 0 aliphatic heterocycles. The van der Waals surface area contributed by atoms with Crippen LogP contribution < -0.4 is 0 Å². The number of nitrogens with zero attached hydrogens (tertiary/aromatic N) is 2. The maximum Gasteiger partial charge on any atom is 0.219 e. The average Bonchev–Trinajstić information content (AvgIpc) is 2.95. The van der Waals surface area contributed by atoms with E-state index in [1.165, 1.54) is 5.56 Å². The van der Waals surface area contributed by atoms with Gasteiger partial charge in [0.1, 0.15) is 0 Å². The Morgan fingerprint density at radius 3 is 1.96 bits per heavy atom. The van der Waals surface area contributed by atoms with Crippen molar-refractivity contribution < 1.29 is 9.59 Å². The lowest BCUT2D eigenvalue weighted by atomic mass is 10.1. The number of hydrogen-bond acceptors (Lipinski definition) is 2. The molecular formula is C19H26N2O2. The summed E-state index contributed by atoms with van der Waals surface area (Å²) < 4.78 is 1.84. The number of aromatic nitrogens is 1. The molecule has 23 heavy (non-hydrogen) atoms. The molecule has 0 saturated carbocycles. The van der Waals surface area contributed by atoms with Crippen molar-refractivity contribution in [2.24, 2.45) is 7.05 Å². The molecule has 1 amide bonds. The molecule has 0 fully saturated rings. The quantitative estimate of drug-likeness (QED) is 0.811. The van der Waals surface area contributed by atoms with Crippen LogP contribution in [0.5, 0.6) is 0 Å². The van der Waals surface area contributed by atoms with Gasteiger partial charge >= 0.3 is 0 Å². The van der Waals surface area contributed by atoms with Crippen molar-refractivity contribution >= 4 is 11.7 Å². The largest absolute Gasteiger partial charge is 0.348 e. The minimum Gasteiger partial charge on any atom is -0.348 e. The van der Waals surface area contributed by atoms with Crippen molar-refractivity contribution in [1.29, 1.82) is 0 Å². The van der Waals surface area contributed by atoms with Gasteiger partial charge in [0.2, 0.25) is 11.7 Å². The lowest BCUT2D eigenvalue weighted by Crippen LogP contribution is -2.27. The highest BCUT2D eigenvalue weighted by molar-refractivity contribution is 6.07. The van der Waals surface area contributed by atoms with Crippen molar-refractivity contribution in [3.8, 4) is 0 Å². The lowest BCUT2D eigenvalue weighted by molar-refractivity contribution is -0.128. The van der Waals surface area contributed by atoms with E-state index < -0.39 is 0 Å². The zero-order valence-electron chi connectivity index (χ0n) is 14.7. The van der Waals surface area contributed by atoms with Crippen molar-refractivity contribution in [1.82, 2.24) is 9.47 Å². The Hall–Kier alpha value is -2.36. The molecule has 1 aromatic carbocycles. The molecule has 0 bridgehead atoms. The number of carbonyl (C=O) groups is 2. The molecule has 124 valence electrons. The fourth-order valence-corrected chi connectivity index (χ4v) is 2.22. The highest BCUT2D eigenvalue weighted by atomic mass is 16.2. The monoisotopic (exact) mass is 314 g/mol. The number of aryl methyl sites for hydroxylation is 2. The van der Waals surface area contributed by atoms with E-state index in [0.29, 0.717) is 0 Å². The third kappa shape index (κ3) is 5.40. The van der Waals surface area contributed by atoms with Gasteiger partial charge < -0.3 is 9.47 Å². The van der Waals surface area contributed by atoms with E-state index in [1.54, 1.807) is 11.8 Å². The zero-order valence-corrected chi connectivity index (χ0v) is 14.7. The van der Waals surface area contributed by atoms with Crippen molar-refractivity contribution in [3.05, 3.63) is 59.4 Å². The zero-order chi connectivity index (χ0) is 17.4. The summed E-state index contributed by atoms with van der Waals surface area (Å²) in [5.41, 5.74) is 2.62. The summed E-state index contributed by atoms with van der Waals surface area (Å²) in [6.45, 7) is 9.21. The van der Waals surface area contributed by atoms with Gasteiger partial charge in [-0.25, -0.2) is 0 Å². The molecule has 0 radical (unpaired) electrons. The number of rotatable bonds is 4. The first-order chi connectivity index (χ1) is 10.9. The van der Waals surface area contributed by atoms with Gasteiger partial charge in [0, 0.05) is 38.8 Å². The molecule has 0 N–H and O–H groups in total. The Kier molecular flexibility index (Phi) is 7.26. The van der Waals surface area contributed by atoms with E-state index >= 15 is 0 Å². The van der Waals surface area contributed by atoms with Gasteiger partial charge in [0.25, 0.3) is 0 Å². The molecule has 4 heteroatoms. The van der Waals surface area contributed by atoms with Gasteiger partial charge in [-0.1, -0.05) is 29.8 Å². The molecule has 0 unspecified atom stereocenters. The molecular weight excluding hydrogens is 288 g/mol. The predicted molar refractivity (Wildman–Crippen MR) is 93.6 cm³/mol. The SMILES string of the molecule is CCN(CC)C(C)=O.Cc1ccc(C(=O)c2cccn2C)cc1. The fraction of sp³-hybridized carbons (Fsp3) is 0.368. The summed E-state index contributed by atoms with van der Waals surface area (Å²) in [4.78, 5) is 24.3. The van der Waals surface area contributed by atoms with E-state index in [-0.39, 0.29) is 11.7 Å². The Labute approximate surface area is 138 Å². The molecule has 2 aromatic rings. The Bertz CT molecular complexity index is 638. The summed E-state index contributed by atoms with van der Waals surface area (Å²) in [6, 6.07) is 11.4. The van der Waals surface area contributed by atoms with Crippen molar-refractivity contribution in [2.45, 2.75) is 27.7 Å². The van der Waals surface area contributed by atoms with Gasteiger partial charge in [-0.05, 0) is 32.9 Å². The second-order valence-corrected chi connectivity index (χ2v) is 5.39. The van der Waals surface area contributed by atoms with E-state index in [4.69, 9.17) is 0 Å². The van der Waals surface area contributed by atoms with Crippen LogP contribution in [0, 0.1) is 6.92 Å². The molecule has 1 heterocycles. The Morgan fingerprint density at radius 1 is 1.04 bits per heavy atom. The Morgan fingerprint density at radius 2 is 1.61 bits per heavy atom. The predicted octanol–water partition coefficient (Wildman–Crippen LogP) is 3.44. The maximum atomic E-state index is 12.0. The topological polar surface area (TPSA) is 42.3 Å². The number of hydrogen-bond donors (Lipinski definition) is 0. The van der Waals surface area contributed by atoms with E-state index in [9.17, 15) is 9.59 Å². The van der Waals surface area contributed by atoms with Crippen LogP contribution in [-0.2, 0) is 11.8 Å². The molecule has 0 saturated heterocycles. The standard InChI is InChI=1S/C13H13NO.C6H13NO/c1-10-5-7-11(8-6-10)13(15)12-4-3-9-14(12)2;1-4-7(5-2)6(3)8/h3-9H,1-2H3;4-5H2,1-3H3. The van der Waals surface area contributed by atoms with Crippen LogP contribution in [0.2, 0.25) is 0 Å². The minimum atomic E-state index is 0.0718. The lowest BCUT2D eigenvalue weighted by Gasteiger charge is -2.14. The minimum absolute atomic E-state index is 0.0718. The molecule has 0 spiro atoms. The van der Waals surface area contributed by atoms with E-state index in [2.05, 4.69) is 0 Å². The number of carbonyl (C=O) groups excluding carboxylic acids is 2. The van der Waals surface area contributed by atoms with Crippen LogP contribution in [-0.4, -0.2) is 34.2 Å².